The van der Waals surface area contributed by atoms with E-state index in [1.807, 2.05) is 43.3 Å². The summed E-state index contributed by atoms with van der Waals surface area (Å²) in [5.74, 6) is -0.596. The maximum Gasteiger partial charge on any atom is 0.412 e. The highest BCUT2D eigenvalue weighted by Gasteiger charge is 2.64. The molecule has 2 aliphatic heterocycles. The largest absolute Gasteiger partial charge is 0.460 e. The van der Waals surface area contributed by atoms with E-state index in [0.717, 1.165) is 66.7 Å². The zero-order valence-electron chi connectivity index (χ0n) is 32.6. The van der Waals surface area contributed by atoms with Gasteiger partial charge in [0.15, 0.2) is 0 Å². The van der Waals surface area contributed by atoms with E-state index in [9.17, 15) is 19.8 Å². The van der Waals surface area contributed by atoms with Gasteiger partial charge >= 0.3 is 6.09 Å². The van der Waals surface area contributed by atoms with Crippen molar-refractivity contribution in [2.45, 2.75) is 106 Å². The van der Waals surface area contributed by atoms with E-state index in [1.165, 1.54) is 6.92 Å². The summed E-state index contributed by atoms with van der Waals surface area (Å²) in [5.41, 5.74) is 3.43. The smallest absolute Gasteiger partial charge is 0.412 e. The Hall–Kier alpha value is -3.88. The van der Waals surface area contributed by atoms with E-state index in [2.05, 4.69) is 23.3 Å². The number of allylic oxidation sites excluding steroid dienone is 1. The molecule has 2 aliphatic carbocycles. The van der Waals surface area contributed by atoms with E-state index in [0.29, 0.717) is 49.6 Å². The molecule has 2 heterocycles. The molecule has 1 saturated carbocycles. The molecule has 4 N–H and O–H groups in total. The van der Waals surface area contributed by atoms with Crippen LogP contribution in [-0.4, -0.2) is 78.2 Å². The van der Waals surface area contributed by atoms with Gasteiger partial charge in [0.05, 0.1) is 30.1 Å². The van der Waals surface area contributed by atoms with Crippen LogP contribution in [0.5, 0.6) is 11.5 Å². The Labute approximate surface area is 334 Å². The van der Waals surface area contributed by atoms with E-state index < -0.39 is 18.2 Å². The van der Waals surface area contributed by atoms with Gasteiger partial charge in [-0.05, 0) is 105 Å². The van der Waals surface area contributed by atoms with Crippen LogP contribution in [0.25, 0.3) is 0 Å². The Morgan fingerprint density at radius 2 is 1.86 bits per heavy atom. The van der Waals surface area contributed by atoms with Crippen LogP contribution in [0, 0.1) is 17.8 Å². The number of ether oxygens (including phenoxy) is 4. The fourth-order valence-electron chi connectivity index (χ4n) is 8.68. The Balaban J connectivity index is 1.53. The monoisotopic (exact) mass is 791 g/mol. The highest BCUT2D eigenvalue weighted by Crippen LogP contribution is 2.63. The van der Waals surface area contributed by atoms with Crippen LogP contribution in [-0.2, 0) is 19.1 Å². The molecule has 0 bridgehead atoms. The molecule has 304 valence electrons. The number of amides is 2. The van der Waals surface area contributed by atoms with Crippen molar-refractivity contribution < 1.29 is 43.6 Å². The van der Waals surface area contributed by atoms with Crippen molar-refractivity contribution in [1.29, 1.82) is 0 Å². The lowest BCUT2D eigenvalue weighted by Crippen LogP contribution is -2.64. The third-order valence-corrected chi connectivity index (χ3v) is 12.3. The van der Waals surface area contributed by atoms with Gasteiger partial charge in [0.1, 0.15) is 11.5 Å². The van der Waals surface area contributed by atoms with Crippen LogP contribution in [0.1, 0.15) is 89.5 Å². The second-order valence-corrected chi connectivity index (χ2v) is 16.2. The lowest BCUT2D eigenvalue weighted by atomic mass is 9.56. The third-order valence-electron chi connectivity index (χ3n) is 11.0. The number of aliphatic hydroxyl groups is 2. The number of carbonyl (C=O) groups excluding carboxylic acids is 2. The number of nitrogens with zero attached hydrogens (tertiary/aromatic N) is 1. The number of carbonyl (C=O) groups is 2. The van der Waals surface area contributed by atoms with Gasteiger partial charge in [0.2, 0.25) is 18.0 Å². The first-order chi connectivity index (χ1) is 27.3. The molecule has 13 heteroatoms. The molecule has 4 aliphatic rings. The van der Waals surface area contributed by atoms with E-state index in [1.54, 1.807) is 23.9 Å². The predicted molar refractivity (Wildman–Crippen MR) is 216 cm³/mol. The molecule has 0 radical (unpaired) electrons. The number of benzene rings is 2. The van der Waals surface area contributed by atoms with Crippen LogP contribution in [0.3, 0.4) is 0 Å². The maximum absolute atomic E-state index is 12.7. The molecule has 0 spiro atoms. The Morgan fingerprint density at radius 3 is 2.55 bits per heavy atom. The van der Waals surface area contributed by atoms with E-state index >= 15 is 0 Å². The zero-order chi connectivity index (χ0) is 39.5. The summed E-state index contributed by atoms with van der Waals surface area (Å²) in [5, 5.41) is 29.8. The number of fused-ring (bicyclic) bond motifs is 2. The second-order valence-electron chi connectivity index (χ2n) is 14.9. The first kappa shape index (κ1) is 41.7. The molecule has 2 aromatic rings. The molecule has 2 amide bonds. The van der Waals surface area contributed by atoms with Crippen molar-refractivity contribution in [2.24, 2.45) is 22.9 Å². The lowest BCUT2D eigenvalue weighted by Gasteiger charge is -2.58. The van der Waals surface area contributed by atoms with Gasteiger partial charge in [-0.25, -0.2) is 4.79 Å². The number of rotatable bonds is 18. The van der Waals surface area contributed by atoms with Crippen molar-refractivity contribution in [2.75, 3.05) is 38.3 Å². The minimum absolute atomic E-state index is 0.0904. The van der Waals surface area contributed by atoms with Gasteiger partial charge < -0.3 is 44.6 Å². The molecule has 2 fully saturated rings. The summed E-state index contributed by atoms with van der Waals surface area (Å²) in [7, 11) is 0. The highest BCUT2D eigenvalue weighted by molar-refractivity contribution is 8.00. The van der Waals surface area contributed by atoms with Gasteiger partial charge in [-0.3, -0.25) is 4.79 Å². The second kappa shape index (κ2) is 20.0. The molecule has 2 aromatic carbocycles. The number of hydrogen-bond acceptors (Lipinski definition) is 11. The Bertz CT molecular complexity index is 1710. The quantitative estimate of drug-likeness (QED) is 0.0670. The fraction of sp³-hybridized carbons (Fsp3) is 0.558. The summed E-state index contributed by atoms with van der Waals surface area (Å²) >= 11 is 1.63. The minimum Gasteiger partial charge on any atom is -0.460 e. The van der Waals surface area contributed by atoms with Crippen molar-refractivity contribution >= 4 is 35.2 Å². The lowest BCUT2D eigenvalue weighted by molar-refractivity contribution is -0.223. The number of oxime groups is 1. The fourth-order valence-corrected chi connectivity index (χ4v) is 9.97. The summed E-state index contributed by atoms with van der Waals surface area (Å²) in [6.07, 6.45) is 11.0. The average molecular weight is 792 g/mol. The third kappa shape index (κ3) is 9.79. The van der Waals surface area contributed by atoms with Crippen LogP contribution in [0.4, 0.5) is 10.5 Å². The Morgan fingerprint density at radius 1 is 1.07 bits per heavy atom. The summed E-state index contributed by atoms with van der Waals surface area (Å²) in [6, 6.07) is 13.3. The van der Waals surface area contributed by atoms with Crippen molar-refractivity contribution in [3.63, 3.8) is 0 Å². The standard InChI is InChI=1S/C43H57N3O9S/c1-4-23-52-43-38(56-32-18-15-30(16-19-32)45-28(3)49)27-36(46-55-39-14-8-11-24-51-39)34-25-29(12-6-9-21-47)33(13-7-10-22-48)40(41(34)43)35-26-31(17-20-37(35)54-43)53-42(50)44-5-2/h4,15-20,25-26,29,33,38-41,47-48H,1,5-14,21-24,27H2,2-3H3,(H,44,50)(H,45,49)/t29-,33+,38-,39?,40+,41+,43+/m0/s1. The van der Waals surface area contributed by atoms with Crippen LogP contribution in [0.15, 0.2) is 76.8 Å². The Kier molecular flexibility index (Phi) is 14.9. The molecule has 56 heavy (non-hydrogen) atoms. The summed E-state index contributed by atoms with van der Waals surface area (Å²) in [4.78, 5) is 31.6. The predicted octanol–water partition coefficient (Wildman–Crippen LogP) is 7.71. The van der Waals surface area contributed by atoms with Crippen LogP contribution >= 0.6 is 11.8 Å². The first-order valence-electron chi connectivity index (χ1n) is 20.2. The van der Waals surface area contributed by atoms with Gasteiger partial charge in [0.25, 0.3) is 0 Å². The van der Waals surface area contributed by atoms with Crippen molar-refractivity contribution in [1.82, 2.24) is 5.32 Å². The molecule has 1 saturated heterocycles. The summed E-state index contributed by atoms with van der Waals surface area (Å²) < 4.78 is 26.0. The van der Waals surface area contributed by atoms with E-state index in [-0.39, 0.29) is 54.6 Å². The topological polar surface area (TPSA) is 157 Å². The number of nitrogens with one attached hydrogen (secondary N) is 2. The van der Waals surface area contributed by atoms with Gasteiger partial charge in [-0.2, -0.15) is 0 Å². The van der Waals surface area contributed by atoms with Crippen LogP contribution in [0.2, 0.25) is 0 Å². The normalized spacial score (nSPS) is 27.2. The maximum atomic E-state index is 12.7. The molecule has 12 nitrogen and oxygen atoms in total. The zero-order valence-corrected chi connectivity index (χ0v) is 33.4. The van der Waals surface area contributed by atoms with Gasteiger partial charge in [-0.1, -0.05) is 30.1 Å². The van der Waals surface area contributed by atoms with Crippen molar-refractivity contribution in [3.8, 4) is 11.5 Å². The van der Waals surface area contributed by atoms with Gasteiger partial charge in [0, 0.05) is 61.6 Å². The summed E-state index contributed by atoms with van der Waals surface area (Å²) in [6.45, 7) is 8.85. The first-order valence-corrected chi connectivity index (χ1v) is 21.0. The molecule has 7 atom stereocenters. The number of aliphatic hydroxyl groups excluding tert-OH is 2. The number of unbranched alkanes of at least 4 members (excludes halogenated alkanes) is 2. The van der Waals surface area contributed by atoms with Crippen molar-refractivity contribution in [3.05, 3.63) is 72.3 Å². The minimum atomic E-state index is -1.19. The van der Waals surface area contributed by atoms with Crippen LogP contribution < -0.4 is 20.1 Å². The average Bonchev–Trinajstić information content (AvgIpc) is 3.19. The SMILES string of the molecule is C=CCO[C@@]12Oc3ccc(OC(=O)NCC)cc3[C@H]3[C@H](CCCCO)[C@@H](CCCCO)C=C(C(=NOC4CCCCO4)C[C@@H]1Sc1ccc(NC(C)=O)cc1)[C@H]32. The number of hydrogen-bond donors (Lipinski definition) is 4. The molecule has 0 aromatic heterocycles. The highest BCUT2D eigenvalue weighted by atomic mass is 32.2. The number of thioether (sulfide) groups is 1. The van der Waals surface area contributed by atoms with E-state index in [4.69, 9.17) is 28.9 Å². The molecular weight excluding hydrogens is 735 g/mol. The molecule has 6 rings (SSSR count). The molecule has 1 unspecified atom stereocenters. The molecular formula is C43H57N3O9S. The number of anilines is 1. The van der Waals surface area contributed by atoms with Gasteiger partial charge in [-0.15, -0.1) is 18.3 Å².